The van der Waals surface area contributed by atoms with Crippen LogP contribution in [0.15, 0.2) is 70.3 Å². The molecule has 0 saturated carbocycles. The summed E-state index contributed by atoms with van der Waals surface area (Å²) in [5.41, 5.74) is 0.0513. The Bertz CT molecular complexity index is 1300. The molecule has 0 bridgehead atoms. The summed E-state index contributed by atoms with van der Waals surface area (Å²) in [7, 11) is 1.22. The minimum atomic E-state index is -1.26. The maximum atomic E-state index is 11.5. The molecular formula is C19H16N6O6. The van der Waals surface area contributed by atoms with Gasteiger partial charge in [0.25, 0.3) is 0 Å². The zero-order valence-corrected chi connectivity index (χ0v) is 16.1. The summed E-state index contributed by atoms with van der Waals surface area (Å²) in [6.07, 6.45) is 0. The van der Waals surface area contributed by atoms with Gasteiger partial charge in [-0.05, 0) is 24.3 Å². The molecule has 2 aromatic heterocycles. The van der Waals surface area contributed by atoms with Gasteiger partial charge in [-0.3, -0.25) is 9.97 Å². The predicted octanol–water partition coefficient (Wildman–Crippen LogP) is 0.606. The van der Waals surface area contributed by atoms with Crippen molar-refractivity contribution in [2.75, 3.05) is 7.11 Å². The Morgan fingerprint density at radius 2 is 1.23 bits per heavy atom. The number of esters is 1. The Balaban J connectivity index is 0.000000176. The summed E-state index contributed by atoms with van der Waals surface area (Å²) in [6.45, 7) is 0. The second kappa shape index (κ2) is 9.17. The molecule has 0 atom stereocenters. The largest absolute Gasteiger partial charge is 0.475 e. The Hall–Kier alpha value is -4.74. The summed E-state index contributed by atoms with van der Waals surface area (Å²) in [4.78, 5) is 49.0. The number of para-hydroxylation sites is 2. The third kappa shape index (κ3) is 4.82. The van der Waals surface area contributed by atoms with Crippen molar-refractivity contribution in [3.63, 3.8) is 0 Å². The first-order chi connectivity index (χ1) is 14.9. The van der Waals surface area contributed by atoms with Gasteiger partial charge in [-0.2, -0.15) is 9.36 Å². The number of hydrogen-bond donors (Lipinski definition) is 3. The second-order valence-corrected chi connectivity index (χ2v) is 5.85. The van der Waals surface area contributed by atoms with E-state index in [1.54, 1.807) is 54.6 Å². The van der Waals surface area contributed by atoms with Crippen molar-refractivity contribution in [2.45, 2.75) is 0 Å². The number of methoxy groups -OCH3 is 1. The molecule has 0 unspecified atom stereocenters. The molecular weight excluding hydrogens is 408 g/mol. The maximum Gasteiger partial charge on any atom is 0.376 e. The number of H-pyrrole nitrogens is 2. The molecule has 0 aliphatic heterocycles. The number of benzene rings is 2. The number of carboxylic acid groups (broad SMARTS) is 1. The third-order valence-electron chi connectivity index (χ3n) is 3.82. The van der Waals surface area contributed by atoms with Gasteiger partial charge in [0.05, 0.1) is 18.5 Å². The highest BCUT2D eigenvalue weighted by atomic mass is 16.5. The van der Waals surface area contributed by atoms with Crippen LogP contribution >= 0.6 is 0 Å². The molecule has 2 aromatic carbocycles. The van der Waals surface area contributed by atoms with Crippen molar-refractivity contribution in [2.24, 2.45) is 0 Å². The predicted molar refractivity (Wildman–Crippen MR) is 107 cm³/mol. The van der Waals surface area contributed by atoms with Gasteiger partial charge >= 0.3 is 23.3 Å². The summed E-state index contributed by atoms with van der Waals surface area (Å²) in [5, 5.41) is 16.1. The zero-order chi connectivity index (χ0) is 22.4. The molecule has 0 aliphatic rings. The maximum absolute atomic E-state index is 11.5. The van der Waals surface area contributed by atoms with Crippen LogP contribution in [0.4, 0.5) is 0 Å². The van der Waals surface area contributed by atoms with E-state index in [-0.39, 0.29) is 11.6 Å². The van der Waals surface area contributed by atoms with Crippen molar-refractivity contribution in [3.05, 3.63) is 93.3 Å². The number of aromatic nitrogens is 6. The van der Waals surface area contributed by atoms with E-state index < -0.39 is 23.3 Å². The van der Waals surface area contributed by atoms with Crippen LogP contribution in [0.25, 0.3) is 11.4 Å². The second-order valence-electron chi connectivity index (χ2n) is 5.85. The average molecular weight is 424 g/mol. The van der Waals surface area contributed by atoms with Crippen molar-refractivity contribution >= 4 is 11.9 Å². The lowest BCUT2D eigenvalue weighted by atomic mass is 10.3. The zero-order valence-electron chi connectivity index (χ0n) is 16.1. The van der Waals surface area contributed by atoms with Crippen LogP contribution in [0.2, 0.25) is 0 Å². The van der Waals surface area contributed by atoms with Crippen LogP contribution in [-0.4, -0.2) is 53.7 Å². The van der Waals surface area contributed by atoms with E-state index in [0.29, 0.717) is 11.4 Å². The van der Waals surface area contributed by atoms with Gasteiger partial charge in [0.2, 0.25) is 11.6 Å². The van der Waals surface area contributed by atoms with E-state index in [2.05, 4.69) is 24.9 Å². The highest BCUT2D eigenvalue weighted by Crippen LogP contribution is 2.03. The van der Waals surface area contributed by atoms with Crippen molar-refractivity contribution in [1.82, 2.24) is 29.5 Å². The molecule has 0 spiro atoms. The van der Waals surface area contributed by atoms with Crippen molar-refractivity contribution < 1.29 is 19.4 Å². The van der Waals surface area contributed by atoms with Gasteiger partial charge in [-0.1, -0.05) is 36.4 Å². The van der Waals surface area contributed by atoms with Crippen LogP contribution in [0.3, 0.4) is 0 Å². The topological polar surface area (TPSA) is 165 Å². The number of carboxylic acids is 1. The fourth-order valence-electron chi connectivity index (χ4n) is 2.42. The lowest BCUT2D eigenvalue weighted by Crippen LogP contribution is -2.15. The summed E-state index contributed by atoms with van der Waals surface area (Å²) in [5.74, 6) is -2.42. The highest BCUT2D eigenvalue weighted by molar-refractivity contribution is 5.84. The number of aromatic amines is 2. The molecule has 31 heavy (non-hydrogen) atoms. The molecule has 12 nitrogen and oxygen atoms in total. The number of carbonyl (C=O) groups excluding carboxylic acids is 1. The van der Waals surface area contributed by atoms with E-state index in [0.717, 1.165) is 9.36 Å². The number of aromatic carboxylic acids is 1. The fraction of sp³-hybridized carbons (Fsp3) is 0.0526. The highest BCUT2D eigenvalue weighted by Gasteiger charge is 2.14. The Labute approximate surface area is 173 Å². The minimum Gasteiger partial charge on any atom is -0.475 e. The smallest absolute Gasteiger partial charge is 0.376 e. The first-order valence-corrected chi connectivity index (χ1v) is 8.72. The molecule has 3 N–H and O–H groups in total. The summed E-state index contributed by atoms with van der Waals surface area (Å²) in [6, 6.07) is 17.4. The number of hydrogen-bond acceptors (Lipinski definition) is 7. The van der Waals surface area contributed by atoms with E-state index >= 15 is 0 Å². The molecule has 4 aromatic rings. The molecule has 0 radical (unpaired) electrons. The first-order valence-electron chi connectivity index (χ1n) is 8.72. The molecule has 158 valence electrons. The fourth-order valence-corrected chi connectivity index (χ4v) is 2.42. The lowest BCUT2D eigenvalue weighted by molar-refractivity contribution is 0.0586. The lowest BCUT2D eigenvalue weighted by Gasteiger charge is -1.96. The SMILES string of the molecule is COC(=O)c1nn(-c2ccccc2)c(=O)[nH]1.O=C(O)c1nn(-c2ccccc2)c(=O)[nH]1. The molecule has 0 fully saturated rings. The Kier molecular flexibility index (Phi) is 6.21. The molecule has 4 rings (SSSR count). The Morgan fingerprint density at radius 1 is 0.806 bits per heavy atom. The number of rotatable bonds is 4. The van der Waals surface area contributed by atoms with E-state index in [1.165, 1.54) is 7.11 Å². The van der Waals surface area contributed by atoms with Gasteiger partial charge in [0.1, 0.15) is 0 Å². The van der Waals surface area contributed by atoms with E-state index in [9.17, 15) is 19.2 Å². The van der Waals surface area contributed by atoms with Crippen LogP contribution in [0.1, 0.15) is 21.2 Å². The molecule has 0 saturated heterocycles. The molecule has 2 heterocycles. The Morgan fingerprint density at radius 3 is 1.61 bits per heavy atom. The van der Waals surface area contributed by atoms with Gasteiger partial charge < -0.3 is 9.84 Å². The van der Waals surface area contributed by atoms with Gasteiger partial charge in [0, 0.05) is 0 Å². The van der Waals surface area contributed by atoms with Gasteiger partial charge in [-0.25, -0.2) is 19.2 Å². The standard InChI is InChI=1S/C10H9N3O3.C9H7N3O3/c1-16-9(14)8-11-10(15)13(12-8)7-5-3-2-4-6-7;13-8(14)7-10-9(15)12(11-7)6-4-2-1-3-5-6/h2-6H,1H3,(H,11,12,15);1-5H,(H,13,14)(H,10,11,15). The average Bonchev–Trinajstić information content (AvgIpc) is 3.38. The minimum absolute atomic E-state index is 0.114. The molecule has 12 heteroatoms. The normalized spacial score (nSPS) is 10.1. The number of carbonyl (C=O) groups is 2. The first kappa shape index (κ1) is 21.0. The monoisotopic (exact) mass is 424 g/mol. The third-order valence-corrected chi connectivity index (χ3v) is 3.82. The van der Waals surface area contributed by atoms with Crippen molar-refractivity contribution in [3.8, 4) is 11.4 Å². The number of nitrogens with zero attached hydrogens (tertiary/aromatic N) is 4. The number of nitrogens with one attached hydrogen (secondary N) is 2. The van der Waals surface area contributed by atoms with Crippen LogP contribution < -0.4 is 11.4 Å². The number of ether oxygens (including phenoxy) is 1. The van der Waals surface area contributed by atoms with Gasteiger partial charge in [-0.15, -0.1) is 10.2 Å². The van der Waals surface area contributed by atoms with E-state index in [4.69, 9.17) is 5.11 Å². The molecule has 0 amide bonds. The summed E-state index contributed by atoms with van der Waals surface area (Å²) >= 11 is 0. The quantitative estimate of drug-likeness (QED) is 0.401. The van der Waals surface area contributed by atoms with Gasteiger partial charge in [0.15, 0.2) is 0 Å². The van der Waals surface area contributed by atoms with E-state index in [1.807, 2.05) is 6.07 Å². The molecule has 0 aliphatic carbocycles. The van der Waals surface area contributed by atoms with Crippen molar-refractivity contribution in [1.29, 1.82) is 0 Å². The van der Waals surface area contributed by atoms with Crippen LogP contribution in [0, 0.1) is 0 Å². The van der Waals surface area contributed by atoms with Crippen LogP contribution in [-0.2, 0) is 4.74 Å². The van der Waals surface area contributed by atoms with Crippen LogP contribution in [0.5, 0.6) is 0 Å². The summed E-state index contributed by atoms with van der Waals surface area (Å²) < 4.78 is 6.56.